The van der Waals surface area contributed by atoms with E-state index in [-0.39, 0.29) is 11.4 Å². The van der Waals surface area contributed by atoms with Crippen LogP contribution < -0.4 is 16.8 Å². The van der Waals surface area contributed by atoms with E-state index >= 15 is 0 Å². The Hall–Kier alpha value is -2.14. The van der Waals surface area contributed by atoms with Gasteiger partial charge in [0.15, 0.2) is 0 Å². The van der Waals surface area contributed by atoms with Gasteiger partial charge in [0.1, 0.15) is 5.82 Å². The summed E-state index contributed by atoms with van der Waals surface area (Å²) in [6, 6.07) is 8.11. The van der Waals surface area contributed by atoms with Gasteiger partial charge in [0.2, 0.25) is 5.95 Å². The first-order valence-electron chi connectivity index (χ1n) is 7.47. The summed E-state index contributed by atoms with van der Waals surface area (Å²) >= 11 is 0. The summed E-state index contributed by atoms with van der Waals surface area (Å²) in [4.78, 5) is 8.64. The topological polar surface area (TPSA) is 89.8 Å². The Bertz CT molecular complexity index is 664. The van der Waals surface area contributed by atoms with Gasteiger partial charge in [-0.1, -0.05) is 32.0 Å². The van der Waals surface area contributed by atoms with Crippen molar-refractivity contribution < 1.29 is 0 Å². The van der Waals surface area contributed by atoms with Gasteiger partial charge in [-0.3, -0.25) is 0 Å². The van der Waals surface area contributed by atoms with Gasteiger partial charge in [0, 0.05) is 18.2 Å². The monoisotopic (exact) mass is 299 g/mol. The van der Waals surface area contributed by atoms with E-state index < -0.39 is 0 Å². The van der Waals surface area contributed by atoms with Crippen LogP contribution in [0.3, 0.4) is 0 Å². The number of benzene rings is 1. The molecule has 0 aliphatic heterocycles. The Kier molecular flexibility index (Phi) is 4.66. The van der Waals surface area contributed by atoms with Crippen molar-refractivity contribution in [3.8, 4) is 11.3 Å². The molecule has 0 spiro atoms. The molecule has 0 radical (unpaired) electrons. The molecule has 1 aromatic heterocycles. The summed E-state index contributed by atoms with van der Waals surface area (Å²) in [6.07, 6.45) is 0. The molecule has 0 atom stereocenters. The number of nitrogens with two attached hydrogens (primary N) is 2. The third-order valence-corrected chi connectivity index (χ3v) is 3.92. The van der Waals surface area contributed by atoms with Gasteiger partial charge >= 0.3 is 0 Å². The Morgan fingerprint density at radius 1 is 1.18 bits per heavy atom. The Labute approximate surface area is 132 Å². The fourth-order valence-corrected chi connectivity index (χ4v) is 2.12. The molecule has 5 N–H and O–H groups in total. The van der Waals surface area contributed by atoms with Crippen LogP contribution in [0, 0.1) is 19.3 Å². The van der Waals surface area contributed by atoms with E-state index in [0.29, 0.717) is 6.54 Å². The van der Waals surface area contributed by atoms with Crippen LogP contribution in [0.5, 0.6) is 0 Å². The normalized spacial score (nSPS) is 11.5. The number of hydrogen-bond acceptors (Lipinski definition) is 5. The standard InChI is InChI=1S/C17H25N5/c1-11-6-5-7-13(12(11)2)14-8-15(22-16(19)21-14)20-10-17(3,4)9-18/h5-8H,9-10,18H2,1-4H3,(H3,19,20,21,22). The highest BCUT2D eigenvalue weighted by atomic mass is 15.1. The first-order valence-corrected chi connectivity index (χ1v) is 7.47. The number of nitrogens with zero attached hydrogens (tertiary/aromatic N) is 2. The number of aromatic nitrogens is 2. The van der Waals surface area contributed by atoms with Crippen LogP contribution >= 0.6 is 0 Å². The lowest BCUT2D eigenvalue weighted by Gasteiger charge is -2.23. The van der Waals surface area contributed by atoms with E-state index in [1.54, 1.807) is 0 Å². The molecule has 0 aliphatic carbocycles. The molecule has 118 valence electrons. The van der Waals surface area contributed by atoms with Crippen molar-refractivity contribution in [3.05, 3.63) is 35.4 Å². The van der Waals surface area contributed by atoms with Crippen molar-refractivity contribution in [2.24, 2.45) is 11.1 Å². The Balaban J connectivity index is 2.33. The first kappa shape index (κ1) is 16.2. The molecule has 2 rings (SSSR count). The molecule has 2 aromatic rings. The van der Waals surface area contributed by atoms with E-state index in [9.17, 15) is 0 Å². The summed E-state index contributed by atoms with van der Waals surface area (Å²) < 4.78 is 0. The maximum Gasteiger partial charge on any atom is 0.222 e. The minimum Gasteiger partial charge on any atom is -0.369 e. The SMILES string of the molecule is Cc1cccc(-c2cc(NCC(C)(C)CN)nc(N)n2)c1C. The summed E-state index contributed by atoms with van der Waals surface area (Å²) in [5.41, 5.74) is 16.0. The van der Waals surface area contributed by atoms with E-state index in [1.165, 1.54) is 11.1 Å². The van der Waals surface area contributed by atoms with Crippen molar-refractivity contribution in [2.75, 3.05) is 24.1 Å². The first-order chi connectivity index (χ1) is 10.3. The average Bonchev–Trinajstić information content (AvgIpc) is 2.47. The number of aryl methyl sites for hydroxylation is 1. The summed E-state index contributed by atoms with van der Waals surface area (Å²) in [5, 5.41) is 3.31. The Morgan fingerprint density at radius 3 is 2.59 bits per heavy atom. The predicted molar refractivity (Wildman–Crippen MR) is 92.7 cm³/mol. The molecule has 0 amide bonds. The van der Waals surface area contributed by atoms with Crippen molar-refractivity contribution >= 4 is 11.8 Å². The molecule has 0 saturated carbocycles. The van der Waals surface area contributed by atoms with Crippen molar-refractivity contribution in [1.82, 2.24) is 9.97 Å². The van der Waals surface area contributed by atoms with Gasteiger partial charge in [-0.25, -0.2) is 4.98 Å². The van der Waals surface area contributed by atoms with Crippen LogP contribution in [0.25, 0.3) is 11.3 Å². The molecule has 0 bridgehead atoms. The maximum absolute atomic E-state index is 5.87. The molecule has 1 aromatic carbocycles. The lowest BCUT2D eigenvalue weighted by atomic mass is 9.94. The highest BCUT2D eigenvalue weighted by Gasteiger charge is 2.16. The molecule has 22 heavy (non-hydrogen) atoms. The predicted octanol–water partition coefficient (Wildman–Crippen LogP) is 2.74. The van der Waals surface area contributed by atoms with Gasteiger partial charge in [0.25, 0.3) is 0 Å². The maximum atomic E-state index is 5.87. The minimum atomic E-state index is -0.000866. The largest absolute Gasteiger partial charge is 0.369 e. The molecule has 5 heteroatoms. The molecular formula is C17H25N5. The molecule has 1 heterocycles. The number of hydrogen-bond donors (Lipinski definition) is 3. The second-order valence-corrected chi connectivity index (χ2v) is 6.47. The zero-order valence-electron chi connectivity index (χ0n) is 13.8. The number of nitrogens with one attached hydrogen (secondary N) is 1. The van der Waals surface area contributed by atoms with Crippen molar-refractivity contribution in [3.63, 3.8) is 0 Å². The summed E-state index contributed by atoms with van der Waals surface area (Å²) in [5.74, 6) is 0.997. The van der Waals surface area contributed by atoms with E-state index in [2.05, 4.69) is 55.1 Å². The molecule has 0 unspecified atom stereocenters. The second-order valence-electron chi connectivity index (χ2n) is 6.47. The molecule has 5 nitrogen and oxygen atoms in total. The van der Waals surface area contributed by atoms with Crippen LogP contribution in [0.2, 0.25) is 0 Å². The van der Waals surface area contributed by atoms with Crippen LogP contribution in [-0.2, 0) is 0 Å². The Morgan fingerprint density at radius 2 is 1.91 bits per heavy atom. The van der Waals surface area contributed by atoms with E-state index in [0.717, 1.165) is 23.6 Å². The van der Waals surface area contributed by atoms with E-state index in [1.807, 2.05) is 12.1 Å². The van der Waals surface area contributed by atoms with Gasteiger partial charge < -0.3 is 16.8 Å². The number of nitrogen functional groups attached to an aromatic ring is 1. The molecule has 0 aliphatic rings. The van der Waals surface area contributed by atoms with Crippen LogP contribution in [-0.4, -0.2) is 23.1 Å². The number of anilines is 2. The quantitative estimate of drug-likeness (QED) is 0.790. The lowest BCUT2D eigenvalue weighted by Crippen LogP contribution is -2.31. The van der Waals surface area contributed by atoms with Crippen LogP contribution in [0.4, 0.5) is 11.8 Å². The fraction of sp³-hybridized carbons (Fsp3) is 0.412. The third-order valence-electron chi connectivity index (χ3n) is 3.92. The lowest BCUT2D eigenvalue weighted by molar-refractivity contribution is 0.405. The zero-order valence-corrected chi connectivity index (χ0v) is 13.8. The van der Waals surface area contributed by atoms with Crippen molar-refractivity contribution in [2.45, 2.75) is 27.7 Å². The fourth-order valence-electron chi connectivity index (χ4n) is 2.12. The van der Waals surface area contributed by atoms with Crippen molar-refractivity contribution in [1.29, 1.82) is 0 Å². The number of rotatable bonds is 5. The highest BCUT2D eigenvalue weighted by molar-refractivity contribution is 5.68. The molecule has 0 fully saturated rings. The molecular weight excluding hydrogens is 274 g/mol. The minimum absolute atomic E-state index is 0.000866. The highest BCUT2D eigenvalue weighted by Crippen LogP contribution is 2.26. The smallest absolute Gasteiger partial charge is 0.222 e. The second kappa shape index (κ2) is 6.32. The van der Waals surface area contributed by atoms with Gasteiger partial charge in [-0.2, -0.15) is 4.98 Å². The van der Waals surface area contributed by atoms with Gasteiger partial charge in [0.05, 0.1) is 5.69 Å². The summed E-state index contributed by atoms with van der Waals surface area (Å²) in [7, 11) is 0. The van der Waals surface area contributed by atoms with E-state index in [4.69, 9.17) is 11.5 Å². The molecule has 0 saturated heterocycles. The van der Waals surface area contributed by atoms with Crippen LogP contribution in [0.15, 0.2) is 24.3 Å². The van der Waals surface area contributed by atoms with Gasteiger partial charge in [-0.05, 0) is 36.9 Å². The van der Waals surface area contributed by atoms with Crippen LogP contribution in [0.1, 0.15) is 25.0 Å². The zero-order chi connectivity index (χ0) is 16.3. The van der Waals surface area contributed by atoms with Gasteiger partial charge in [-0.15, -0.1) is 0 Å². The average molecular weight is 299 g/mol. The third kappa shape index (κ3) is 3.74. The summed E-state index contributed by atoms with van der Waals surface area (Å²) in [6.45, 7) is 9.73.